The Kier molecular flexibility index (Phi) is 4.65. The van der Waals surface area contributed by atoms with E-state index in [-0.39, 0.29) is 12.4 Å². The van der Waals surface area contributed by atoms with Crippen LogP contribution in [0.3, 0.4) is 0 Å². The molecular weight excluding hydrogens is 306 g/mol. The van der Waals surface area contributed by atoms with Crippen molar-refractivity contribution in [2.45, 2.75) is 30.7 Å². The van der Waals surface area contributed by atoms with Gasteiger partial charge in [0.2, 0.25) is 0 Å². The molecule has 1 fully saturated rings. The van der Waals surface area contributed by atoms with E-state index >= 15 is 0 Å². The molecule has 1 aliphatic carbocycles. The van der Waals surface area contributed by atoms with Gasteiger partial charge < -0.3 is 9.64 Å². The lowest BCUT2D eigenvalue weighted by molar-refractivity contribution is 0.265. The predicted octanol–water partition coefficient (Wildman–Crippen LogP) is 4.44. The zero-order valence-corrected chi connectivity index (χ0v) is 14.6. The molecule has 2 aromatic rings. The first-order valence-electron chi connectivity index (χ1n) is 8.21. The van der Waals surface area contributed by atoms with Gasteiger partial charge in [-0.2, -0.15) is 0 Å². The van der Waals surface area contributed by atoms with Crippen LogP contribution in [-0.2, 0) is 0 Å². The molecule has 2 nitrogen and oxygen atoms in total. The first-order valence-corrected chi connectivity index (χ1v) is 8.21. The van der Waals surface area contributed by atoms with Gasteiger partial charge in [0.25, 0.3) is 0 Å². The quantitative estimate of drug-likeness (QED) is 0.807. The summed E-state index contributed by atoms with van der Waals surface area (Å²) >= 11 is 0. The van der Waals surface area contributed by atoms with Crippen LogP contribution in [0.2, 0.25) is 0 Å². The monoisotopic (exact) mass is 329 g/mol. The molecule has 0 amide bonds. The molecular formula is C20H24ClNO. The van der Waals surface area contributed by atoms with Gasteiger partial charge in [-0.25, -0.2) is 0 Å². The van der Waals surface area contributed by atoms with Gasteiger partial charge in [0, 0.05) is 17.9 Å². The van der Waals surface area contributed by atoms with E-state index in [4.69, 9.17) is 4.74 Å². The molecule has 4 rings (SSSR count). The number of rotatable bonds is 2. The molecule has 0 unspecified atom stereocenters. The van der Waals surface area contributed by atoms with Crippen molar-refractivity contribution >= 4 is 12.4 Å². The molecule has 23 heavy (non-hydrogen) atoms. The summed E-state index contributed by atoms with van der Waals surface area (Å²) in [5.41, 5.74) is 4.47. The highest BCUT2D eigenvalue weighted by molar-refractivity contribution is 5.85. The molecule has 3 heteroatoms. The van der Waals surface area contributed by atoms with Gasteiger partial charge in [0.15, 0.2) is 0 Å². The Bertz CT molecular complexity index is 687. The van der Waals surface area contributed by atoms with E-state index in [1.807, 2.05) is 6.07 Å². The molecule has 1 saturated heterocycles. The predicted molar refractivity (Wildman–Crippen MR) is 96.9 cm³/mol. The molecule has 0 spiro atoms. The summed E-state index contributed by atoms with van der Waals surface area (Å²) < 4.78 is 5.43. The van der Waals surface area contributed by atoms with Crippen LogP contribution in [0.1, 0.15) is 41.4 Å². The van der Waals surface area contributed by atoms with Gasteiger partial charge in [-0.1, -0.05) is 36.4 Å². The summed E-state index contributed by atoms with van der Waals surface area (Å²) in [7, 11) is 4.02. The summed E-state index contributed by atoms with van der Waals surface area (Å²) in [4.78, 5) is 2.55. The molecule has 122 valence electrons. The van der Waals surface area contributed by atoms with E-state index in [1.54, 1.807) is 12.7 Å². The lowest BCUT2D eigenvalue weighted by atomic mass is 9.71. The van der Waals surface area contributed by atoms with Crippen molar-refractivity contribution in [2.24, 2.45) is 0 Å². The van der Waals surface area contributed by atoms with Gasteiger partial charge >= 0.3 is 0 Å². The van der Waals surface area contributed by atoms with Gasteiger partial charge in [-0.3, -0.25) is 0 Å². The van der Waals surface area contributed by atoms with Crippen molar-refractivity contribution in [1.29, 1.82) is 0 Å². The fraction of sp³-hybridized carbons (Fsp3) is 0.400. The second-order valence-electron chi connectivity index (χ2n) is 6.64. The van der Waals surface area contributed by atoms with Crippen molar-refractivity contribution in [1.82, 2.24) is 4.90 Å². The molecule has 0 N–H and O–H groups in total. The van der Waals surface area contributed by atoms with Crippen LogP contribution < -0.4 is 4.74 Å². The van der Waals surface area contributed by atoms with E-state index in [0.29, 0.717) is 17.9 Å². The van der Waals surface area contributed by atoms with E-state index in [1.165, 1.54) is 30.5 Å². The topological polar surface area (TPSA) is 12.5 Å². The second-order valence-corrected chi connectivity index (χ2v) is 6.64. The number of likely N-dealkylation sites (N-methyl/N-ethyl adjacent to an activating group) is 1. The Morgan fingerprint density at radius 2 is 1.83 bits per heavy atom. The molecule has 1 aliphatic heterocycles. The van der Waals surface area contributed by atoms with Crippen LogP contribution in [0.5, 0.6) is 5.75 Å². The number of methoxy groups -OCH3 is 1. The number of likely N-dealkylation sites (tertiary alicyclic amines) is 1. The minimum absolute atomic E-state index is 0. The van der Waals surface area contributed by atoms with Crippen LogP contribution in [0.4, 0.5) is 0 Å². The second kappa shape index (κ2) is 6.54. The molecule has 1 heterocycles. The molecule has 0 aromatic heterocycles. The number of benzene rings is 2. The number of nitrogens with zero attached hydrogens (tertiary/aromatic N) is 1. The van der Waals surface area contributed by atoms with E-state index in [9.17, 15) is 0 Å². The van der Waals surface area contributed by atoms with E-state index in [2.05, 4.69) is 54.4 Å². The van der Waals surface area contributed by atoms with Crippen LogP contribution in [0, 0.1) is 0 Å². The van der Waals surface area contributed by atoms with Crippen molar-refractivity contribution in [3.05, 3.63) is 65.2 Å². The van der Waals surface area contributed by atoms with Crippen molar-refractivity contribution in [3.8, 4) is 5.75 Å². The molecule has 0 radical (unpaired) electrons. The Labute approximate surface area is 144 Å². The summed E-state index contributed by atoms with van der Waals surface area (Å²) in [5.74, 6) is 2.15. The third kappa shape index (κ3) is 2.75. The fourth-order valence-corrected chi connectivity index (χ4v) is 4.42. The summed E-state index contributed by atoms with van der Waals surface area (Å²) in [6.45, 7) is 1.22. The first kappa shape index (κ1) is 16.4. The number of halogens is 1. The number of fused-ring (bicyclic) bond motifs is 3. The molecule has 0 bridgehead atoms. The maximum atomic E-state index is 5.43. The highest BCUT2D eigenvalue weighted by Crippen LogP contribution is 2.48. The third-order valence-electron chi connectivity index (χ3n) is 5.57. The normalized spacial score (nSPS) is 26.1. The van der Waals surface area contributed by atoms with Gasteiger partial charge in [0.05, 0.1) is 7.11 Å². The number of ether oxygens (including phenoxy) is 1. The van der Waals surface area contributed by atoms with Crippen LogP contribution >= 0.6 is 12.4 Å². The highest BCUT2D eigenvalue weighted by Gasteiger charge is 2.40. The number of hydrogen-bond donors (Lipinski definition) is 0. The number of hydrogen-bond acceptors (Lipinski definition) is 2. The first-order chi connectivity index (χ1) is 10.8. The fourth-order valence-electron chi connectivity index (χ4n) is 4.42. The highest BCUT2D eigenvalue weighted by atomic mass is 35.5. The maximum Gasteiger partial charge on any atom is 0.119 e. The van der Waals surface area contributed by atoms with Crippen LogP contribution in [-0.4, -0.2) is 31.6 Å². The van der Waals surface area contributed by atoms with Crippen molar-refractivity contribution in [2.75, 3.05) is 20.7 Å². The molecule has 3 atom stereocenters. The summed E-state index contributed by atoms with van der Waals surface area (Å²) in [5, 5.41) is 0. The SMILES string of the molecule is COc1cccc([C@H]2C[C@@H]3[C@H](CCN3C)c3ccccc32)c1.Cl. The Morgan fingerprint density at radius 1 is 1.04 bits per heavy atom. The average molecular weight is 330 g/mol. The van der Waals surface area contributed by atoms with E-state index < -0.39 is 0 Å². The largest absolute Gasteiger partial charge is 0.497 e. The van der Waals surface area contributed by atoms with Crippen molar-refractivity contribution < 1.29 is 4.74 Å². The zero-order chi connectivity index (χ0) is 15.1. The Hall–Kier alpha value is -1.51. The van der Waals surface area contributed by atoms with Crippen molar-refractivity contribution in [3.63, 3.8) is 0 Å². The molecule has 2 aliphatic rings. The Morgan fingerprint density at radius 3 is 2.61 bits per heavy atom. The summed E-state index contributed by atoms with van der Waals surface area (Å²) in [6, 6.07) is 18.3. The van der Waals surface area contributed by atoms with E-state index in [0.717, 1.165) is 5.75 Å². The minimum Gasteiger partial charge on any atom is -0.497 e. The smallest absolute Gasteiger partial charge is 0.119 e. The Balaban J connectivity index is 0.00000156. The van der Waals surface area contributed by atoms with Gasteiger partial charge in [-0.15, -0.1) is 12.4 Å². The lowest BCUT2D eigenvalue weighted by Crippen LogP contribution is -2.34. The van der Waals surface area contributed by atoms with Crippen LogP contribution in [0.25, 0.3) is 0 Å². The average Bonchev–Trinajstić information content (AvgIpc) is 2.95. The maximum absolute atomic E-state index is 5.43. The minimum atomic E-state index is 0. The molecule has 0 saturated carbocycles. The zero-order valence-electron chi connectivity index (χ0n) is 13.7. The summed E-state index contributed by atoms with van der Waals surface area (Å²) in [6.07, 6.45) is 2.51. The van der Waals surface area contributed by atoms with Crippen LogP contribution in [0.15, 0.2) is 48.5 Å². The van der Waals surface area contributed by atoms with Gasteiger partial charge in [-0.05, 0) is 55.3 Å². The van der Waals surface area contributed by atoms with Gasteiger partial charge in [0.1, 0.15) is 5.75 Å². The lowest BCUT2D eigenvalue weighted by Gasteiger charge is -2.37. The molecule has 2 aromatic carbocycles. The standard InChI is InChI=1S/C20H23NO.ClH/c1-21-11-10-18-16-8-3-4-9-17(16)19(13-20(18)21)14-6-5-7-15(12-14)22-2;/h3-9,12,18-20H,10-11,13H2,1-2H3;1H/t18-,19-,20-;/m1./s1. The third-order valence-corrected chi connectivity index (χ3v) is 5.57.